The maximum atomic E-state index is 14.3. The van der Waals surface area contributed by atoms with E-state index >= 15 is 0 Å². The summed E-state index contributed by atoms with van der Waals surface area (Å²) in [7, 11) is 0. The van der Waals surface area contributed by atoms with Gasteiger partial charge in [0.2, 0.25) is 11.8 Å². The lowest BCUT2D eigenvalue weighted by Crippen LogP contribution is -2.42. The van der Waals surface area contributed by atoms with Crippen LogP contribution in [0.4, 0.5) is 10.1 Å². The molecule has 2 saturated heterocycles. The zero-order valence-corrected chi connectivity index (χ0v) is 17.0. The number of fused-ring (bicyclic) bond motifs is 1. The van der Waals surface area contributed by atoms with Crippen molar-refractivity contribution in [2.75, 3.05) is 37.7 Å². The maximum absolute atomic E-state index is 14.3. The van der Waals surface area contributed by atoms with Crippen molar-refractivity contribution < 1.29 is 18.7 Å². The Labute approximate surface area is 179 Å². The molecule has 2 amide bonds. The molecule has 0 saturated carbocycles. The third-order valence-corrected chi connectivity index (χ3v) is 5.97. The minimum atomic E-state index is -0.424. The fourth-order valence-electron chi connectivity index (χ4n) is 4.40. The number of ether oxygens (including phenoxy) is 1. The summed E-state index contributed by atoms with van der Waals surface area (Å²) in [6, 6.07) is 13.9. The number of hydrogen-bond donors (Lipinski definition) is 0. The van der Waals surface area contributed by atoms with Crippen LogP contribution in [0.3, 0.4) is 0 Å². The topological polar surface area (TPSA) is 67.7 Å². The average Bonchev–Trinajstić information content (AvgIpc) is 3.35. The van der Waals surface area contributed by atoms with E-state index in [0.29, 0.717) is 38.7 Å². The lowest BCUT2D eigenvalue weighted by atomic mass is 10.1. The van der Waals surface area contributed by atoms with E-state index in [2.05, 4.69) is 0 Å². The van der Waals surface area contributed by atoms with Gasteiger partial charge in [0, 0.05) is 32.0 Å². The molecule has 3 heterocycles. The number of halogens is 1. The summed E-state index contributed by atoms with van der Waals surface area (Å²) in [6.45, 7) is 2.71. The SMILES string of the molecule is O=C(Cn1c(C2CC(=O)N(c3ccccc3F)C2)nc2ccccc21)N1CCOCC1. The van der Waals surface area contributed by atoms with E-state index in [1.165, 1.54) is 11.0 Å². The van der Waals surface area contributed by atoms with Gasteiger partial charge in [-0.05, 0) is 24.3 Å². The second kappa shape index (κ2) is 8.11. The number of anilines is 1. The molecule has 2 aliphatic heterocycles. The molecule has 0 aliphatic carbocycles. The van der Waals surface area contributed by atoms with Crippen LogP contribution in [0.1, 0.15) is 18.2 Å². The number of imidazole rings is 1. The predicted molar refractivity (Wildman–Crippen MR) is 113 cm³/mol. The molecule has 8 heteroatoms. The van der Waals surface area contributed by atoms with Gasteiger partial charge in [0.05, 0.1) is 29.9 Å². The smallest absolute Gasteiger partial charge is 0.242 e. The highest BCUT2D eigenvalue weighted by Gasteiger charge is 2.36. The van der Waals surface area contributed by atoms with Crippen LogP contribution < -0.4 is 4.90 Å². The molecular formula is C23H23FN4O3. The van der Waals surface area contributed by atoms with Crippen LogP contribution in [0, 0.1) is 5.82 Å². The normalized spacial score (nSPS) is 19.4. The molecule has 1 aromatic heterocycles. The highest BCUT2D eigenvalue weighted by atomic mass is 19.1. The monoisotopic (exact) mass is 422 g/mol. The number of carbonyl (C=O) groups is 2. The number of rotatable bonds is 4. The molecule has 5 rings (SSSR count). The van der Waals surface area contributed by atoms with Gasteiger partial charge in [-0.15, -0.1) is 0 Å². The van der Waals surface area contributed by atoms with Crippen molar-refractivity contribution in [3.8, 4) is 0 Å². The van der Waals surface area contributed by atoms with Gasteiger partial charge in [-0.1, -0.05) is 24.3 Å². The number of nitrogens with zero attached hydrogens (tertiary/aromatic N) is 4. The molecule has 0 N–H and O–H groups in total. The summed E-state index contributed by atoms with van der Waals surface area (Å²) < 4.78 is 21.6. The fourth-order valence-corrected chi connectivity index (χ4v) is 4.40. The van der Waals surface area contributed by atoms with Crippen LogP contribution in [0.2, 0.25) is 0 Å². The van der Waals surface area contributed by atoms with Crippen LogP contribution in [-0.2, 0) is 20.9 Å². The Kier molecular flexibility index (Phi) is 5.15. The molecule has 31 heavy (non-hydrogen) atoms. The van der Waals surface area contributed by atoms with E-state index in [1.807, 2.05) is 28.8 Å². The summed E-state index contributed by atoms with van der Waals surface area (Å²) >= 11 is 0. The first-order chi connectivity index (χ1) is 15.1. The number of morpholine rings is 1. The minimum Gasteiger partial charge on any atom is -0.378 e. The molecule has 160 valence electrons. The Hall–Kier alpha value is -3.26. The van der Waals surface area contributed by atoms with Crippen LogP contribution in [0.15, 0.2) is 48.5 Å². The van der Waals surface area contributed by atoms with Gasteiger partial charge >= 0.3 is 0 Å². The van der Waals surface area contributed by atoms with Crippen molar-refractivity contribution >= 4 is 28.5 Å². The van der Waals surface area contributed by atoms with Gasteiger partial charge in [-0.25, -0.2) is 9.37 Å². The van der Waals surface area contributed by atoms with E-state index in [1.54, 1.807) is 23.1 Å². The molecule has 1 atom stereocenters. The first-order valence-corrected chi connectivity index (χ1v) is 10.5. The molecule has 2 aromatic carbocycles. The van der Waals surface area contributed by atoms with Crippen LogP contribution >= 0.6 is 0 Å². The summed E-state index contributed by atoms with van der Waals surface area (Å²) in [5.41, 5.74) is 1.92. The number of amides is 2. The van der Waals surface area contributed by atoms with Gasteiger partial charge in [-0.3, -0.25) is 9.59 Å². The Balaban J connectivity index is 1.47. The summed E-state index contributed by atoms with van der Waals surface area (Å²) in [4.78, 5) is 33.8. The van der Waals surface area contributed by atoms with Gasteiger partial charge in [-0.2, -0.15) is 0 Å². The Morgan fingerprint density at radius 3 is 2.65 bits per heavy atom. The molecule has 3 aromatic rings. The second-order valence-electron chi connectivity index (χ2n) is 7.89. The first-order valence-electron chi connectivity index (χ1n) is 10.5. The number of carbonyl (C=O) groups excluding carboxylic acids is 2. The van der Waals surface area contributed by atoms with Crippen molar-refractivity contribution in [3.05, 3.63) is 60.2 Å². The second-order valence-corrected chi connectivity index (χ2v) is 7.89. The standard InChI is InChI=1S/C23H23FN4O3/c24-17-5-1-3-7-19(17)27-14-16(13-21(27)29)23-25-18-6-2-4-8-20(18)28(23)15-22(30)26-9-11-31-12-10-26/h1-8,16H,9-15H2. The molecule has 2 aliphatic rings. The number of para-hydroxylation sites is 3. The molecule has 1 unspecified atom stereocenters. The van der Waals surface area contributed by atoms with E-state index in [9.17, 15) is 14.0 Å². The van der Waals surface area contributed by atoms with Gasteiger partial charge in [0.25, 0.3) is 0 Å². The zero-order chi connectivity index (χ0) is 21.4. The molecule has 0 radical (unpaired) electrons. The Morgan fingerprint density at radius 2 is 1.84 bits per heavy atom. The van der Waals surface area contributed by atoms with Crippen molar-refractivity contribution in [1.29, 1.82) is 0 Å². The van der Waals surface area contributed by atoms with E-state index in [0.717, 1.165) is 11.0 Å². The van der Waals surface area contributed by atoms with Crippen LogP contribution in [0.5, 0.6) is 0 Å². The van der Waals surface area contributed by atoms with Crippen molar-refractivity contribution in [2.24, 2.45) is 0 Å². The first kappa shape index (κ1) is 19.7. The summed E-state index contributed by atoms with van der Waals surface area (Å²) in [5.74, 6) is -0.101. The largest absolute Gasteiger partial charge is 0.378 e. The molecule has 0 spiro atoms. The number of hydrogen-bond acceptors (Lipinski definition) is 4. The van der Waals surface area contributed by atoms with Crippen molar-refractivity contribution in [2.45, 2.75) is 18.9 Å². The maximum Gasteiger partial charge on any atom is 0.242 e. The third kappa shape index (κ3) is 3.67. The highest BCUT2D eigenvalue weighted by Crippen LogP contribution is 2.34. The highest BCUT2D eigenvalue weighted by molar-refractivity contribution is 5.96. The van der Waals surface area contributed by atoms with Gasteiger partial charge in [0.15, 0.2) is 0 Å². The van der Waals surface area contributed by atoms with Gasteiger partial charge in [0.1, 0.15) is 18.2 Å². The fraction of sp³-hybridized carbons (Fsp3) is 0.348. The average molecular weight is 422 g/mol. The number of benzene rings is 2. The third-order valence-electron chi connectivity index (χ3n) is 5.97. The Bertz CT molecular complexity index is 1140. The number of aromatic nitrogens is 2. The van der Waals surface area contributed by atoms with E-state index in [4.69, 9.17) is 9.72 Å². The molecule has 7 nitrogen and oxygen atoms in total. The minimum absolute atomic E-state index is 0.00277. The van der Waals surface area contributed by atoms with E-state index in [-0.39, 0.29) is 36.4 Å². The van der Waals surface area contributed by atoms with Crippen molar-refractivity contribution in [3.63, 3.8) is 0 Å². The molecular weight excluding hydrogens is 399 g/mol. The Morgan fingerprint density at radius 1 is 1.10 bits per heavy atom. The zero-order valence-electron chi connectivity index (χ0n) is 17.0. The lowest BCUT2D eigenvalue weighted by Gasteiger charge is -2.27. The quantitative estimate of drug-likeness (QED) is 0.648. The van der Waals surface area contributed by atoms with E-state index < -0.39 is 5.82 Å². The predicted octanol–water partition coefficient (Wildman–Crippen LogP) is 2.55. The molecule has 0 bridgehead atoms. The van der Waals surface area contributed by atoms with Crippen LogP contribution in [0.25, 0.3) is 11.0 Å². The van der Waals surface area contributed by atoms with Gasteiger partial charge < -0.3 is 19.1 Å². The van der Waals surface area contributed by atoms with Crippen molar-refractivity contribution in [1.82, 2.24) is 14.5 Å². The van der Waals surface area contributed by atoms with Crippen LogP contribution in [-0.4, -0.2) is 59.1 Å². The lowest BCUT2D eigenvalue weighted by molar-refractivity contribution is -0.135. The summed E-state index contributed by atoms with van der Waals surface area (Å²) in [5, 5.41) is 0. The summed E-state index contributed by atoms with van der Waals surface area (Å²) in [6.07, 6.45) is 0.226. The molecule has 2 fully saturated rings.